The topological polar surface area (TPSA) is 108 Å². The van der Waals surface area contributed by atoms with Gasteiger partial charge in [0.1, 0.15) is 4.88 Å². The predicted molar refractivity (Wildman–Crippen MR) is 71.7 cm³/mol. The van der Waals surface area contributed by atoms with Gasteiger partial charge in [-0.15, -0.1) is 11.3 Å². The van der Waals surface area contributed by atoms with E-state index >= 15 is 0 Å². The Kier molecular flexibility index (Phi) is 5.31. The smallest absolute Gasteiger partial charge is 0.347 e. The van der Waals surface area contributed by atoms with E-state index in [1.807, 2.05) is 0 Å². The fraction of sp³-hybridized carbons (Fsp3) is 0.400. The van der Waals surface area contributed by atoms with Crippen LogP contribution in [0.15, 0.2) is 4.34 Å². The molecule has 1 heterocycles. The molecule has 1 aromatic heterocycles. The number of hydrogen-bond donors (Lipinski definition) is 3. The fourth-order valence-electron chi connectivity index (χ4n) is 1.10. The second-order valence-corrected chi connectivity index (χ2v) is 6.11. The molecule has 3 amide bonds. The first-order valence-corrected chi connectivity index (χ1v) is 6.94. The number of hydrogen-bond acceptors (Lipinski definition) is 6. The summed E-state index contributed by atoms with van der Waals surface area (Å²) in [5.74, 6) is -1.50. The Morgan fingerprint density at radius 1 is 1.42 bits per heavy atom. The zero-order chi connectivity index (χ0) is 14.6. The Morgan fingerprint density at radius 3 is 2.53 bits per heavy atom. The molecular weight excluding hydrogens is 290 g/mol. The molecule has 0 aliphatic rings. The number of urea groups is 1. The number of carboxylic acids is 1. The summed E-state index contributed by atoms with van der Waals surface area (Å²) in [7, 11) is 1.41. The fourth-order valence-corrected chi connectivity index (χ4v) is 3.27. The highest BCUT2D eigenvalue weighted by atomic mass is 32.2. The minimum atomic E-state index is -1.04. The van der Waals surface area contributed by atoms with Crippen LogP contribution in [0.5, 0.6) is 0 Å². The molecule has 0 spiro atoms. The van der Waals surface area contributed by atoms with Crippen LogP contribution in [-0.2, 0) is 4.79 Å². The van der Waals surface area contributed by atoms with Gasteiger partial charge in [0, 0.05) is 7.05 Å². The van der Waals surface area contributed by atoms with Gasteiger partial charge in [-0.05, 0) is 13.8 Å². The second kappa shape index (κ2) is 6.53. The van der Waals surface area contributed by atoms with Gasteiger partial charge >= 0.3 is 12.0 Å². The Balaban J connectivity index is 2.69. The molecule has 0 aliphatic carbocycles. The van der Waals surface area contributed by atoms with Crippen molar-refractivity contribution in [2.45, 2.75) is 23.4 Å². The standard InChI is InChI=1S/C10H13N3O4S2/c1-4-6(8(15)16)19-10(12-4)18-5(2)7(14)13-9(17)11-3/h5H,1-3H3,(H,15,16)(H2,11,13,14,17). The van der Waals surface area contributed by atoms with Crippen molar-refractivity contribution in [1.82, 2.24) is 15.6 Å². The van der Waals surface area contributed by atoms with E-state index in [1.54, 1.807) is 13.8 Å². The number of thiazole rings is 1. The average molecular weight is 303 g/mol. The van der Waals surface area contributed by atoms with Crippen molar-refractivity contribution in [3.05, 3.63) is 10.6 Å². The molecule has 3 N–H and O–H groups in total. The molecule has 104 valence electrons. The van der Waals surface area contributed by atoms with Crippen LogP contribution in [0.2, 0.25) is 0 Å². The summed E-state index contributed by atoms with van der Waals surface area (Å²) in [5.41, 5.74) is 0.416. The predicted octanol–water partition coefficient (Wildman–Crippen LogP) is 1.09. The molecule has 1 unspecified atom stereocenters. The highest BCUT2D eigenvalue weighted by Gasteiger charge is 2.20. The molecule has 9 heteroatoms. The molecular formula is C10H13N3O4S2. The third-order valence-electron chi connectivity index (χ3n) is 2.08. The Morgan fingerprint density at radius 2 is 2.05 bits per heavy atom. The monoisotopic (exact) mass is 303 g/mol. The van der Waals surface area contributed by atoms with E-state index in [2.05, 4.69) is 15.6 Å². The summed E-state index contributed by atoms with van der Waals surface area (Å²) in [4.78, 5) is 37.7. The lowest BCUT2D eigenvalue weighted by atomic mass is 10.4. The molecule has 0 aromatic carbocycles. The number of nitrogens with zero attached hydrogens (tertiary/aromatic N) is 1. The summed E-state index contributed by atoms with van der Waals surface area (Å²) in [6.07, 6.45) is 0. The summed E-state index contributed by atoms with van der Waals surface area (Å²) in [6, 6.07) is -0.584. The number of imide groups is 1. The van der Waals surface area contributed by atoms with Gasteiger partial charge in [0.05, 0.1) is 10.9 Å². The van der Waals surface area contributed by atoms with Crippen LogP contribution in [0.3, 0.4) is 0 Å². The largest absolute Gasteiger partial charge is 0.477 e. The lowest BCUT2D eigenvalue weighted by Crippen LogP contribution is -2.41. The highest BCUT2D eigenvalue weighted by Crippen LogP contribution is 2.30. The molecule has 19 heavy (non-hydrogen) atoms. The maximum absolute atomic E-state index is 11.6. The van der Waals surface area contributed by atoms with E-state index < -0.39 is 23.2 Å². The lowest BCUT2D eigenvalue weighted by molar-refractivity contribution is -0.119. The minimum Gasteiger partial charge on any atom is -0.477 e. The van der Waals surface area contributed by atoms with Gasteiger partial charge in [0.2, 0.25) is 5.91 Å². The number of thioether (sulfide) groups is 1. The minimum absolute atomic E-state index is 0.154. The number of carboxylic acid groups (broad SMARTS) is 1. The zero-order valence-corrected chi connectivity index (χ0v) is 12.1. The van der Waals surface area contributed by atoms with Crippen molar-refractivity contribution in [3.63, 3.8) is 0 Å². The van der Waals surface area contributed by atoms with E-state index in [9.17, 15) is 14.4 Å². The van der Waals surface area contributed by atoms with Crippen molar-refractivity contribution in [2.24, 2.45) is 0 Å². The third kappa shape index (κ3) is 4.21. The van der Waals surface area contributed by atoms with E-state index in [4.69, 9.17) is 5.11 Å². The number of aryl methyl sites for hydroxylation is 1. The summed E-state index contributed by atoms with van der Waals surface area (Å²) in [5, 5.41) is 12.8. The molecule has 0 bridgehead atoms. The molecule has 7 nitrogen and oxygen atoms in total. The normalized spacial score (nSPS) is 11.7. The Hall–Kier alpha value is -1.61. The molecule has 1 aromatic rings. The number of carbonyl (C=O) groups excluding carboxylic acids is 2. The SMILES string of the molecule is CNC(=O)NC(=O)C(C)Sc1nc(C)c(C(=O)O)s1. The second-order valence-electron chi connectivity index (χ2n) is 3.53. The van der Waals surface area contributed by atoms with Crippen LogP contribution >= 0.6 is 23.1 Å². The highest BCUT2D eigenvalue weighted by molar-refractivity contribution is 8.02. The summed E-state index contributed by atoms with van der Waals surface area (Å²) in [6.45, 7) is 3.21. The van der Waals surface area contributed by atoms with Gasteiger partial charge in [0.25, 0.3) is 0 Å². The van der Waals surface area contributed by atoms with Crippen LogP contribution in [0, 0.1) is 6.92 Å². The first-order valence-electron chi connectivity index (χ1n) is 5.25. The zero-order valence-electron chi connectivity index (χ0n) is 10.5. The van der Waals surface area contributed by atoms with Crippen LogP contribution in [0.4, 0.5) is 4.79 Å². The maximum atomic E-state index is 11.6. The van der Waals surface area contributed by atoms with Crippen molar-refractivity contribution in [3.8, 4) is 0 Å². The van der Waals surface area contributed by atoms with E-state index in [-0.39, 0.29) is 4.88 Å². The van der Waals surface area contributed by atoms with E-state index in [0.717, 1.165) is 23.1 Å². The number of aromatic carboxylic acids is 1. The molecule has 0 saturated carbocycles. The molecule has 0 radical (unpaired) electrons. The summed E-state index contributed by atoms with van der Waals surface area (Å²) >= 11 is 2.12. The third-order valence-corrected chi connectivity index (χ3v) is 4.42. The number of rotatable bonds is 4. The first kappa shape index (κ1) is 15.4. The molecule has 0 aliphatic heterocycles. The van der Waals surface area contributed by atoms with Crippen LogP contribution < -0.4 is 10.6 Å². The van der Waals surface area contributed by atoms with Crippen LogP contribution in [0.25, 0.3) is 0 Å². The van der Waals surface area contributed by atoms with Gasteiger partial charge in [0.15, 0.2) is 4.34 Å². The molecule has 1 atom stereocenters. The lowest BCUT2D eigenvalue weighted by Gasteiger charge is -2.08. The van der Waals surface area contributed by atoms with Crippen LogP contribution in [-0.4, -0.2) is 40.3 Å². The van der Waals surface area contributed by atoms with Gasteiger partial charge in [-0.25, -0.2) is 14.6 Å². The van der Waals surface area contributed by atoms with Gasteiger partial charge in [-0.1, -0.05) is 11.8 Å². The van der Waals surface area contributed by atoms with E-state index in [0.29, 0.717) is 10.0 Å². The van der Waals surface area contributed by atoms with Gasteiger partial charge < -0.3 is 10.4 Å². The molecule has 0 fully saturated rings. The van der Waals surface area contributed by atoms with Crippen LogP contribution in [0.1, 0.15) is 22.3 Å². The van der Waals surface area contributed by atoms with Crippen molar-refractivity contribution < 1.29 is 19.5 Å². The first-order chi connectivity index (χ1) is 8.85. The number of amides is 3. The number of aromatic nitrogens is 1. The molecule has 0 saturated heterocycles. The molecule has 1 rings (SSSR count). The maximum Gasteiger partial charge on any atom is 0.347 e. The van der Waals surface area contributed by atoms with Crippen molar-refractivity contribution in [1.29, 1.82) is 0 Å². The quantitative estimate of drug-likeness (QED) is 0.718. The average Bonchev–Trinajstić information content (AvgIpc) is 2.69. The van der Waals surface area contributed by atoms with Crippen molar-refractivity contribution in [2.75, 3.05) is 7.05 Å². The Bertz CT molecular complexity index is 515. The van der Waals surface area contributed by atoms with Gasteiger partial charge in [-0.2, -0.15) is 0 Å². The van der Waals surface area contributed by atoms with Gasteiger partial charge in [-0.3, -0.25) is 10.1 Å². The van der Waals surface area contributed by atoms with Crippen molar-refractivity contribution >= 4 is 41.0 Å². The van der Waals surface area contributed by atoms with E-state index in [1.165, 1.54) is 7.05 Å². The number of carbonyl (C=O) groups is 3. The number of nitrogens with one attached hydrogen (secondary N) is 2. The Labute approximate surface area is 117 Å². The summed E-state index contributed by atoms with van der Waals surface area (Å²) < 4.78 is 0.481.